The average Bonchev–Trinajstić information content (AvgIpc) is 2.61. The molecule has 0 saturated carbocycles. The van der Waals surface area contributed by atoms with Gasteiger partial charge in [-0.2, -0.15) is 0 Å². The van der Waals surface area contributed by atoms with Gasteiger partial charge in [0.1, 0.15) is 6.33 Å². The number of nitrogens with one attached hydrogen (secondary N) is 1. The second-order valence-electron chi connectivity index (χ2n) is 3.35. The minimum Gasteiger partial charge on any atom is -0.312 e. The first kappa shape index (κ1) is 7.03. The molecule has 2 aromatic heterocycles. The molecule has 3 rings (SSSR count). The van der Waals surface area contributed by atoms with Crippen LogP contribution < -0.4 is 5.32 Å². The van der Waals surface area contributed by atoms with E-state index in [9.17, 15) is 0 Å². The molecule has 0 spiro atoms. The van der Waals surface area contributed by atoms with E-state index in [1.54, 1.807) is 6.33 Å². The molecule has 0 aromatic carbocycles. The van der Waals surface area contributed by atoms with E-state index < -0.39 is 0 Å². The normalized spacial score (nSPS) is 16.0. The Balaban J connectivity index is 2.28. The molecule has 1 aliphatic heterocycles. The third-order valence-corrected chi connectivity index (χ3v) is 2.50. The highest BCUT2D eigenvalue weighted by Crippen LogP contribution is 2.14. The smallest absolute Gasteiger partial charge is 0.160 e. The van der Waals surface area contributed by atoms with Crippen molar-refractivity contribution in [2.45, 2.75) is 13.0 Å². The molecule has 4 heteroatoms. The Morgan fingerprint density at radius 1 is 1.38 bits per heavy atom. The predicted molar refractivity (Wildman–Crippen MR) is 48.4 cm³/mol. The van der Waals surface area contributed by atoms with Gasteiger partial charge < -0.3 is 5.32 Å². The highest BCUT2D eigenvalue weighted by Gasteiger charge is 2.09. The van der Waals surface area contributed by atoms with Crippen molar-refractivity contribution in [3.8, 4) is 0 Å². The van der Waals surface area contributed by atoms with E-state index in [2.05, 4.69) is 27.8 Å². The first-order valence-corrected chi connectivity index (χ1v) is 4.45. The molecule has 0 unspecified atom stereocenters. The minimum absolute atomic E-state index is 0.945. The zero-order chi connectivity index (χ0) is 8.67. The number of fused-ring (bicyclic) bond motifs is 2. The third kappa shape index (κ3) is 1.02. The molecule has 0 atom stereocenters. The topological polar surface area (TPSA) is 42.2 Å². The van der Waals surface area contributed by atoms with Crippen molar-refractivity contribution in [3.63, 3.8) is 0 Å². The molecule has 0 bridgehead atoms. The van der Waals surface area contributed by atoms with Gasteiger partial charge in [0.25, 0.3) is 0 Å². The summed E-state index contributed by atoms with van der Waals surface area (Å²) < 4.78 is 1.96. The summed E-state index contributed by atoms with van der Waals surface area (Å²) in [6, 6.07) is 2.13. The van der Waals surface area contributed by atoms with Crippen LogP contribution in [-0.2, 0) is 13.0 Å². The maximum absolute atomic E-state index is 4.02. The Morgan fingerprint density at radius 3 is 3.38 bits per heavy atom. The molecule has 66 valence electrons. The molecule has 4 nitrogen and oxygen atoms in total. The summed E-state index contributed by atoms with van der Waals surface area (Å²) >= 11 is 0. The van der Waals surface area contributed by atoms with Gasteiger partial charge in [-0.25, -0.2) is 0 Å². The van der Waals surface area contributed by atoms with Crippen molar-refractivity contribution in [3.05, 3.63) is 29.7 Å². The fourth-order valence-corrected chi connectivity index (χ4v) is 1.79. The molecule has 0 amide bonds. The van der Waals surface area contributed by atoms with Crippen LogP contribution in [0.1, 0.15) is 11.1 Å². The van der Waals surface area contributed by atoms with Gasteiger partial charge in [0.2, 0.25) is 0 Å². The lowest BCUT2D eigenvalue weighted by atomic mass is 10.0. The SMILES string of the molecule is c1c2c(cn3cnnc13)CNCC2. The van der Waals surface area contributed by atoms with E-state index in [1.165, 1.54) is 11.1 Å². The molecule has 2 aromatic rings. The monoisotopic (exact) mass is 174 g/mol. The van der Waals surface area contributed by atoms with Gasteiger partial charge in [0.05, 0.1) is 0 Å². The van der Waals surface area contributed by atoms with Gasteiger partial charge in [0.15, 0.2) is 5.65 Å². The molecule has 13 heavy (non-hydrogen) atoms. The second-order valence-corrected chi connectivity index (χ2v) is 3.35. The van der Waals surface area contributed by atoms with Gasteiger partial charge in [-0.3, -0.25) is 4.40 Å². The van der Waals surface area contributed by atoms with Crippen molar-refractivity contribution < 1.29 is 0 Å². The maximum Gasteiger partial charge on any atom is 0.160 e. The molecule has 0 radical (unpaired) electrons. The summed E-state index contributed by atoms with van der Waals surface area (Å²) in [5.74, 6) is 0. The number of pyridine rings is 1. The number of hydrogen-bond donors (Lipinski definition) is 1. The van der Waals surface area contributed by atoms with E-state index in [0.29, 0.717) is 0 Å². The van der Waals surface area contributed by atoms with E-state index in [1.807, 2.05) is 4.40 Å². The third-order valence-electron chi connectivity index (χ3n) is 2.50. The van der Waals surface area contributed by atoms with Crippen LogP contribution in [0.15, 0.2) is 18.6 Å². The largest absolute Gasteiger partial charge is 0.312 e. The first-order valence-electron chi connectivity index (χ1n) is 4.45. The molecule has 0 saturated heterocycles. The van der Waals surface area contributed by atoms with Gasteiger partial charge in [-0.05, 0) is 30.2 Å². The summed E-state index contributed by atoms with van der Waals surface area (Å²) in [5, 5.41) is 11.2. The van der Waals surface area contributed by atoms with E-state index >= 15 is 0 Å². The molecular weight excluding hydrogens is 164 g/mol. The van der Waals surface area contributed by atoms with Crippen LogP contribution in [0.3, 0.4) is 0 Å². The Kier molecular flexibility index (Phi) is 1.37. The van der Waals surface area contributed by atoms with Crippen molar-refractivity contribution in [1.29, 1.82) is 0 Å². The molecule has 0 fully saturated rings. The van der Waals surface area contributed by atoms with E-state index in [-0.39, 0.29) is 0 Å². The van der Waals surface area contributed by atoms with Crippen LogP contribution in [0.4, 0.5) is 0 Å². The highest BCUT2D eigenvalue weighted by molar-refractivity contribution is 5.44. The van der Waals surface area contributed by atoms with Gasteiger partial charge in [-0.1, -0.05) is 0 Å². The second kappa shape index (κ2) is 2.53. The lowest BCUT2D eigenvalue weighted by Crippen LogP contribution is -2.23. The Bertz CT molecular complexity index is 406. The highest BCUT2D eigenvalue weighted by atomic mass is 15.2. The first-order chi connectivity index (χ1) is 6.43. The Labute approximate surface area is 75.6 Å². The number of hydrogen-bond acceptors (Lipinski definition) is 3. The summed E-state index contributed by atoms with van der Waals surface area (Å²) in [7, 11) is 0. The number of rotatable bonds is 0. The molecule has 0 aliphatic carbocycles. The molecule has 1 aliphatic rings. The van der Waals surface area contributed by atoms with Crippen LogP contribution in [0.2, 0.25) is 0 Å². The van der Waals surface area contributed by atoms with Crippen LogP contribution >= 0.6 is 0 Å². The number of nitrogens with zero attached hydrogens (tertiary/aromatic N) is 3. The lowest BCUT2D eigenvalue weighted by Gasteiger charge is -2.16. The Morgan fingerprint density at radius 2 is 2.38 bits per heavy atom. The average molecular weight is 174 g/mol. The van der Waals surface area contributed by atoms with Crippen LogP contribution in [0.25, 0.3) is 5.65 Å². The van der Waals surface area contributed by atoms with Crippen molar-refractivity contribution in [1.82, 2.24) is 19.9 Å². The van der Waals surface area contributed by atoms with E-state index in [4.69, 9.17) is 0 Å². The van der Waals surface area contributed by atoms with Crippen molar-refractivity contribution in [2.24, 2.45) is 0 Å². The van der Waals surface area contributed by atoms with Gasteiger partial charge in [0, 0.05) is 12.7 Å². The summed E-state index contributed by atoms with van der Waals surface area (Å²) in [6.45, 7) is 2.03. The fraction of sp³-hybridized carbons (Fsp3) is 0.333. The lowest BCUT2D eigenvalue weighted by molar-refractivity contribution is 0.640. The minimum atomic E-state index is 0.945. The van der Waals surface area contributed by atoms with Crippen LogP contribution in [0.5, 0.6) is 0 Å². The van der Waals surface area contributed by atoms with Gasteiger partial charge in [-0.15, -0.1) is 10.2 Å². The maximum atomic E-state index is 4.02. The van der Waals surface area contributed by atoms with Crippen molar-refractivity contribution >= 4 is 5.65 Å². The zero-order valence-corrected chi connectivity index (χ0v) is 7.20. The quantitative estimate of drug-likeness (QED) is 0.627. The summed E-state index contributed by atoms with van der Waals surface area (Å²) in [6.07, 6.45) is 4.94. The summed E-state index contributed by atoms with van der Waals surface area (Å²) in [4.78, 5) is 0. The predicted octanol–water partition coefficient (Wildman–Crippen LogP) is 0.375. The molecule has 1 N–H and O–H groups in total. The Hall–Kier alpha value is -1.42. The summed E-state index contributed by atoms with van der Waals surface area (Å²) in [5.41, 5.74) is 3.71. The zero-order valence-electron chi connectivity index (χ0n) is 7.20. The van der Waals surface area contributed by atoms with Crippen LogP contribution in [0, 0.1) is 0 Å². The molecular formula is C9H10N4. The fourth-order valence-electron chi connectivity index (χ4n) is 1.79. The molecule has 3 heterocycles. The van der Waals surface area contributed by atoms with Crippen molar-refractivity contribution in [2.75, 3.05) is 6.54 Å². The standard InChI is InChI=1S/C9H10N4/c1-2-10-4-8-5-13-6-11-12-9(13)3-7(1)8/h3,5-6,10H,1-2,4H2. The number of aromatic nitrogens is 3. The van der Waals surface area contributed by atoms with Gasteiger partial charge >= 0.3 is 0 Å². The van der Waals surface area contributed by atoms with E-state index in [0.717, 1.165) is 25.2 Å². The van der Waals surface area contributed by atoms with Crippen LogP contribution in [-0.4, -0.2) is 21.1 Å².